The summed E-state index contributed by atoms with van der Waals surface area (Å²) in [5.41, 5.74) is -0.119. The van der Waals surface area contributed by atoms with Crippen molar-refractivity contribution < 1.29 is 18.7 Å². The van der Waals surface area contributed by atoms with E-state index in [0.717, 1.165) is 18.4 Å². The molecule has 2 heterocycles. The SMILES string of the molecule is CCCCOc1c(N(C)C(=O)OC(C)(C)C)n(CC(C)C)c(=O)c2ccc(-c3cnco3)cc12. The van der Waals surface area contributed by atoms with Gasteiger partial charge in [0, 0.05) is 24.5 Å². The maximum absolute atomic E-state index is 13.7. The van der Waals surface area contributed by atoms with Crippen LogP contribution in [0.5, 0.6) is 5.75 Å². The van der Waals surface area contributed by atoms with E-state index in [0.29, 0.717) is 41.3 Å². The monoisotopic (exact) mass is 469 g/mol. The van der Waals surface area contributed by atoms with Crippen LogP contribution in [0.1, 0.15) is 54.4 Å². The number of fused-ring (bicyclic) bond motifs is 1. The van der Waals surface area contributed by atoms with Crippen LogP contribution in [-0.2, 0) is 11.3 Å². The predicted molar refractivity (Wildman–Crippen MR) is 134 cm³/mol. The molecule has 0 aliphatic carbocycles. The molecule has 0 aliphatic heterocycles. The first-order chi connectivity index (χ1) is 16.0. The van der Waals surface area contributed by atoms with Gasteiger partial charge in [0.1, 0.15) is 5.60 Å². The molecule has 0 atom stereocenters. The van der Waals surface area contributed by atoms with Crippen molar-refractivity contribution in [2.24, 2.45) is 5.92 Å². The van der Waals surface area contributed by atoms with Crippen molar-refractivity contribution in [3.63, 3.8) is 0 Å². The molecule has 0 bridgehead atoms. The number of carbonyl (C=O) groups excluding carboxylic acids is 1. The van der Waals surface area contributed by atoms with E-state index < -0.39 is 11.7 Å². The fourth-order valence-electron chi connectivity index (χ4n) is 3.66. The largest absolute Gasteiger partial charge is 0.489 e. The summed E-state index contributed by atoms with van der Waals surface area (Å²) in [6.07, 6.45) is 4.20. The second-order valence-electron chi connectivity index (χ2n) is 9.83. The minimum atomic E-state index is -0.686. The van der Waals surface area contributed by atoms with Crippen LogP contribution < -0.4 is 15.2 Å². The minimum absolute atomic E-state index is 0.165. The molecular formula is C26H35N3O5. The minimum Gasteiger partial charge on any atom is -0.489 e. The molecule has 8 nitrogen and oxygen atoms in total. The van der Waals surface area contributed by atoms with Gasteiger partial charge in [-0.3, -0.25) is 14.3 Å². The highest BCUT2D eigenvalue weighted by Crippen LogP contribution is 2.37. The van der Waals surface area contributed by atoms with E-state index in [9.17, 15) is 9.59 Å². The smallest absolute Gasteiger partial charge is 0.415 e. The number of rotatable bonds is 8. The highest BCUT2D eigenvalue weighted by atomic mass is 16.6. The Kier molecular flexibility index (Phi) is 7.69. The van der Waals surface area contributed by atoms with E-state index in [2.05, 4.69) is 11.9 Å². The molecule has 0 aliphatic rings. The molecule has 34 heavy (non-hydrogen) atoms. The molecule has 2 aromatic heterocycles. The lowest BCUT2D eigenvalue weighted by Gasteiger charge is -2.29. The zero-order valence-electron chi connectivity index (χ0n) is 21.2. The van der Waals surface area contributed by atoms with Crippen LogP contribution in [0.3, 0.4) is 0 Å². The van der Waals surface area contributed by atoms with E-state index in [1.807, 2.05) is 46.8 Å². The van der Waals surface area contributed by atoms with Crippen molar-refractivity contribution >= 4 is 22.7 Å². The van der Waals surface area contributed by atoms with E-state index in [4.69, 9.17) is 13.9 Å². The molecular weight excluding hydrogens is 434 g/mol. The number of aromatic nitrogens is 2. The molecule has 1 amide bonds. The Morgan fingerprint density at radius 1 is 1.24 bits per heavy atom. The molecule has 0 unspecified atom stereocenters. The van der Waals surface area contributed by atoms with Gasteiger partial charge in [0.05, 0.1) is 18.2 Å². The van der Waals surface area contributed by atoms with Crippen LogP contribution in [0.4, 0.5) is 10.6 Å². The topological polar surface area (TPSA) is 86.8 Å². The fraction of sp³-hybridized carbons (Fsp3) is 0.500. The summed E-state index contributed by atoms with van der Waals surface area (Å²) in [5.74, 6) is 1.59. The first-order valence-electron chi connectivity index (χ1n) is 11.7. The summed E-state index contributed by atoms with van der Waals surface area (Å²) in [6, 6.07) is 5.46. The number of oxazole rings is 1. The number of pyridine rings is 1. The lowest BCUT2D eigenvalue weighted by atomic mass is 10.1. The first kappa shape index (κ1) is 25.3. The Hall–Kier alpha value is -3.29. The van der Waals surface area contributed by atoms with Crippen molar-refractivity contribution in [2.75, 3.05) is 18.6 Å². The Morgan fingerprint density at radius 3 is 2.56 bits per heavy atom. The van der Waals surface area contributed by atoms with E-state index in [1.165, 1.54) is 11.3 Å². The van der Waals surface area contributed by atoms with Gasteiger partial charge in [0.25, 0.3) is 5.56 Å². The maximum Gasteiger partial charge on any atom is 0.415 e. The zero-order valence-corrected chi connectivity index (χ0v) is 21.2. The van der Waals surface area contributed by atoms with Crippen molar-refractivity contribution in [1.82, 2.24) is 9.55 Å². The molecule has 0 N–H and O–H groups in total. The highest BCUT2D eigenvalue weighted by molar-refractivity contribution is 5.98. The number of hydrogen-bond acceptors (Lipinski definition) is 6. The Bertz CT molecular complexity index is 1190. The molecule has 0 saturated heterocycles. The van der Waals surface area contributed by atoms with Crippen LogP contribution in [0.15, 0.2) is 40.0 Å². The number of benzene rings is 1. The van der Waals surface area contributed by atoms with E-state index >= 15 is 0 Å². The second kappa shape index (κ2) is 10.3. The summed E-state index contributed by atoms with van der Waals surface area (Å²) in [6.45, 7) is 12.4. The quantitative estimate of drug-likeness (QED) is 0.384. The van der Waals surface area contributed by atoms with Gasteiger partial charge in [-0.05, 0) is 45.2 Å². The number of hydrogen-bond donors (Lipinski definition) is 0. The summed E-state index contributed by atoms with van der Waals surface area (Å²) in [4.78, 5) is 32.1. The summed E-state index contributed by atoms with van der Waals surface area (Å²) in [5, 5.41) is 1.12. The lowest BCUT2D eigenvalue weighted by molar-refractivity contribution is 0.0585. The van der Waals surface area contributed by atoms with Crippen molar-refractivity contribution in [2.45, 2.75) is 66.5 Å². The number of anilines is 1. The number of amides is 1. The Labute approximate surface area is 200 Å². The van der Waals surface area contributed by atoms with Gasteiger partial charge < -0.3 is 13.9 Å². The van der Waals surface area contributed by atoms with Crippen LogP contribution in [0.2, 0.25) is 0 Å². The van der Waals surface area contributed by atoms with Crippen LogP contribution >= 0.6 is 0 Å². The van der Waals surface area contributed by atoms with E-state index in [-0.39, 0.29) is 11.5 Å². The van der Waals surface area contributed by atoms with Crippen molar-refractivity contribution in [3.05, 3.63) is 41.1 Å². The Morgan fingerprint density at radius 2 is 1.97 bits per heavy atom. The maximum atomic E-state index is 13.7. The Balaban J connectivity index is 2.31. The van der Waals surface area contributed by atoms with Gasteiger partial charge in [-0.2, -0.15) is 0 Å². The average molecular weight is 470 g/mol. The summed E-state index contributed by atoms with van der Waals surface area (Å²) < 4.78 is 19.0. The zero-order chi connectivity index (χ0) is 25.0. The van der Waals surface area contributed by atoms with Crippen LogP contribution in [0.25, 0.3) is 22.1 Å². The van der Waals surface area contributed by atoms with Crippen molar-refractivity contribution in [3.8, 4) is 17.1 Å². The van der Waals surface area contributed by atoms with Crippen LogP contribution in [-0.4, -0.2) is 34.9 Å². The molecule has 3 rings (SSSR count). The van der Waals surface area contributed by atoms with Gasteiger partial charge >= 0.3 is 6.09 Å². The molecule has 0 radical (unpaired) electrons. The third-order valence-electron chi connectivity index (χ3n) is 5.19. The van der Waals surface area contributed by atoms with Gasteiger partial charge in [-0.15, -0.1) is 0 Å². The predicted octanol–water partition coefficient (Wildman–Crippen LogP) is 5.86. The first-order valence-corrected chi connectivity index (χ1v) is 11.7. The number of carbonyl (C=O) groups is 1. The third kappa shape index (κ3) is 5.61. The molecule has 184 valence electrons. The highest BCUT2D eigenvalue weighted by Gasteiger charge is 2.28. The van der Waals surface area contributed by atoms with Crippen LogP contribution in [0, 0.1) is 5.92 Å². The number of unbranched alkanes of at least 4 members (excludes halogenated alkanes) is 1. The normalized spacial score (nSPS) is 11.8. The molecule has 1 aromatic carbocycles. The van der Waals surface area contributed by atoms with E-state index in [1.54, 1.807) is 23.9 Å². The van der Waals surface area contributed by atoms with Gasteiger partial charge in [0.2, 0.25) is 0 Å². The molecule has 0 saturated carbocycles. The second-order valence-corrected chi connectivity index (χ2v) is 9.83. The summed E-state index contributed by atoms with van der Waals surface area (Å²) >= 11 is 0. The standard InChI is InChI=1S/C26H35N3O5/c1-8-9-12-32-22-20-13-18(21-14-27-16-33-21)10-11-19(20)24(30)29(15-17(2)3)23(22)28(7)25(31)34-26(4,5)6/h10-11,13-14,16-17H,8-9,12,15H2,1-7H3. The summed E-state index contributed by atoms with van der Waals surface area (Å²) in [7, 11) is 1.61. The number of nitrogens with zero attached hydrogens (tertiary/aromatic N) is 3. The van der Waals surface area contributed by atoms with Gasteiger partial charge in [-0.25, -0.2) is 9.78 Å². The fourth-order valence-corrected chi connectivity index (χ4v) is 3.66. The molecule has 8 heteroatoms. The number of ether oxygens (including phenoxy) is 2. The lowest BCUT2D eigenvalue weighted by Crippen LogP contribution is -2.38. The van der Waals surface area contributed by atoms with Gasteiger partial charge in [0.15, 0.2) is 23.7 Å². The molecule has 3 aromatic rings. The average Bonchev–Trinajstić information content (AvgIpc) is 3.29. The molecule has 0 fully saturated rings. The van der Waals surface area contributed by atoms with Gasteiger partial charge in [-0.1, -0.05) is 33.3 Å². The molecule has 0 spiro atoms. The third-order valence-corrected chi connectivity index (χ3v) is 5.19. The van der Waals surface area contributed by atoms with Crippen molar-refractivity contribution in [1.29, 1.82) is 0 Å².